The van der Waals surface area contributed by atoms with Crippen LogP contribution in [0.5, 0.6) is 0 Å². The minimum Gasteiger partial charge on any atom is -0.369 e. The fraction of sp³-hybridized carbons (Fsp3) is 0.407. The number of nitrogen functional groups attached to an aromatic ring is 1. The first-order valence-electron chi connectivity index (χ1n) is 13.8. The van der Waals surface area contributed by atoms with Crippen LogP contribution in [0, 0.1) is 11.8 Å². The van der Waals surface area contributed by atoms with Crippen molar-refractivity contribution < 1.29 is 37.0 Å². The van der Waals surface area contributed by atoms with E-state index in [4.69, 9.17) is 23.8 Å². The molecular formula is C27H35N5O9P2. The van der Waals surface area contributed by atoms with Gasteiger partial charge in [0.2, 0.25) is 5.95 Å². The number of hydrogen-bond acceptors (Lipinski definition) is 11. The van der Waals surface area contributed by atoms with Crippen LogP contribution < -0.4 is 21.5 Å². The number of aromatic nitrogens is 2. The second-order valence-corrected chi connectivity index (χ2v) is 13.3. The molecule has 0 amide bonds. The molecule has 232 valence electrons. The van der Waals surface area contributed by atoms with E-state index >= 15 is 0 Å². The minimum absolute atomic E-state index is 0.0104. The molecule has 0 bridgehead atoms. The molecule has 2 aliphatic rings. The van der Waals surface area contributed by atoms with E-state index in [1.165, 1.54) is 0 Å². The summed E-state index contributed by atoms with van der Waals surface area (Å²) >= 11 is 0. The number of anilines is 3. The number of H-pyrrole nitrogens is 1. The summed E-state index contributed by atoms with van der Waals surface area (Å²) in [5.74, 6) is -0.488. The number of phosphoric ester groups is 2. The van der Waals surface area contributed by atoms with E-state index in [0.717, 1.165) is 11.1 Å². The van der Waals surface area contributed by atoms with Gasteiger partial charge in [-0.1, -0.05) is 60.7 Å². The summed E-state index contributed by atoms with van der Waals surface area (Å²) in [7, 11) is -8.78. The van der Waals surface area contributed by atoms with Gasteiger partial charge in [-0.2, -0.15) is 4.98 Å². The molecule has 1 saturated carbocycles. The van der Waals surface area contributed by atoms with Gasteiger partial charge in [0.25, 0.3) is 5.56 Å². The van der Waals surface area contributed by atoms with Crippen molar-refractivity contribution in [2.75, 3.05) is 49.0 Å². The number of benzene rings is 2. The molecule has 1 fully saturated rings. The zero-order valence-corrected chi connectivity index (χ0v) is 25.1. The summed E-state index contributed by atoms with van der Waals surface area (Å²) in [5, 5.41) is 3.00. The second-order valence-electron chi connectivity index (χ2n) is 10.3. The number of fused-ring (bicyclic) bond motifs is 1. The summed E-state index contributed by atoms with van der Waals surface area (Å²) in [6, 6.07) is 18.5. The van der Waals surface area contributed by atoms with Gasteiger partial charge in [0, 0.05) is 12.0 Å². The van der Waals surface area contributed by atoms with Crippen LogP contribution in [-0.4, -0.2) is 58.9 Å². The number of nitrogens with two attached hydrogens (primary N) is 1. The molecule has 5 unspecified atom stereocenters. The van der Waals surface area contributed by atoms with E-state index in [0.29, 0.717) is 25.1 Å². The van der Waals surface area contributed by atoms with Crippen molar-refractivity contribution in [3.8, 4) is 0 Å². The highest BCUT2D eigenvalue weighted by Crippen LogP contribution is 2.51. The zero-order chi connectivity index (χ0) is 30.5. The Morgan fingerprint density at radius 2 is 1.44 bits per heavy atom. The largest absolute Gasteiger partial charge is 0.472 e. The monoisotopic (exact) mass is 635 g/mol. The van der Waals surface area contributed by atoms with Gasteiger partial charge in [0.15, 0.2) is 5.82 Å². The van der Waals surface area contributed by atoms with Crippen molar-refractivity contribution in [3.05, 3.63) is 82.1 Å². The third kappa shape index (κ3) is 8.31. The summed E-state index contributed by atoms with van der Waals surface area (Å²) in [5.41, 5.74) is 7.51. The van der Waals surface area contributed by atoms with Crippen LogP contribution in [0.1, 0.15) is 17.5 Å². The SMILES string of the molecule is Nc1nc2c(c(=O)[nH]1)NCN2C1CC(COP(=O)(O)OCCc2ccccc2)C1COP(=O)(O)OCCc1ccccc1. The lowest BCUT2D eigenvalue weighted by molar-refractivity contribution is 0.0128. The summed E-state index contributed by atoms with van der Waals surface area (Å²) in [6.45, 7) is -0.166. The topological polar surface area (TPSA) is 199 Å². The second kappa shape index (κ2) is 13.7. The molecule has 1 aliphatic heterocycles. The first-order chi connectivity index (χ1) is 20.6. The maximum atomic E-state index is 12.7. The fourth-order valence-corrected chi connectivity index (χ4v) is 6.76. The summed E-state index contributed by atoms with van der Waals surface area (Å²) < 4.78 is 46.3. The lowest BCUT2D eigenvalue weighted by Gasteiger charge is -2.48. The third-order valence-corrected chi connectivity index (χ3v) is 9.49. The molecule has 43 heavy (non-hydrogen) atoms. The number of rotatable bonds is 15. The van der Waals surface area contributed by atoms with Gasteiger partial charge in [0.05, 0.1) is 33.1 Å². The Morgan fingerprint density at radius 1 is 0.884 bits per heavy atom. The van der Waals surface area contributed by atoms with Gasteiger partial charge >= 0.3 is 15.6 Å². The Bertz CT molecular complexity index is 1530. The molecular weight excluding hydrogens is 600 g/mol. The van der Waals surface area contributed by atoms with Crippen molar-refractivity contribution in [2.45, 2.75) is 25.3 Å². The molecule has 16 heteroatoms. The van der Waals surface area contributed by atoms with E-state index in [1.54, 1.807) is 0 Å². The molecule has 5 atom stereocenters. The first kappa shape index (κ1) is 31.4. The summed E-state index contributed by atoms with van der Waals surface area (Å²) in [6.07, 6.45) is 1.31. The average molecular weight is 636 g/mol. The predicted octanol–water partition coefficient (Wildman–Crippen LogP) is 3.30. The standard InChI is InChI=1S/C27H35N5O9P2/c28-27-30-25-24(26(33)31-27)29-18-32(25)23-15-21(16-40-42(34,35)38-13-11-19-7-3-1-4-8-19)22(23)17-41-43(36,37)39-14-12-20-9-5-2-6-10-20/h1-10,21-23,29H,11-18H2,(H,34,35)(H,36,37)(H3,28,30,31,33). The van der Waals surface area contributed by atoms with Crippen molar-refractivity contribution in [3.63, 3.8) is 0 Å². The minimum atomic E-state index is -4.42. The normalized spacial score (nSPS) is 22.2. The molecule has 0 radical (unpaired) electrons. The highest BCUT2D eigenvalue weighted by atomic mass is 31.2. The quantitative estimate of drug-likeness (QED) is 0.153. The van der Waals surface area contributed by atoms with E-state index < -0.39 is 27.1 Å². The molecule has 6 N–H and O–H groups in total. The Kier molecular flexibility index (Phi) is 10.0. The van der Waals surface area contributed by atoms with Gasteiger partial charge in [-0.15, -0.1) is 0 Å². The van der Waals surface area contributed by atoms with Crippen LogP contribution >= 0.6 is 15.6 Å². The van der Waals surface area contributed by atoms with E-state index in [9.17, 15) is 23.7 Å². The Balaban J connectivity index is 1.20. The maximum absolute atomic E-state index is 12.7. The molecule has 14 nitrogen and oxygen atoms in total. The molecule has 2 heterocycles. The van der Waals surface area contributed by atoms with Gasteiger partial charge in [-0.05, 0) is 36.3 Å². The number of hydrogen-bond donors (Lipinski definition) is 5. The average Bonchev–Trinajstić information content (AvgIpc) is 3.37. The zero-order valence-electron chi connectivity index (χ0n) is 23.3. The maximum Gasteiger partial charge on any atom is 0.472 e. The molecule has 2 aromatic carbocycles. The number of nitrogens with one attached hydrogen (secondary N) is 2. The molecule has 1 aliphatic carbocycles. The highest BCUT2D eigenvalue weighted by molar-refractivity contribution is 7.47. The van der Waals surface area contributed by atoms with Gasteiger partial charge in [0.1, 0.15) is 5.69 Å². The molecule has 0 spiro atoms. The number of aromatic amines is 1. The van der Waals surface area contributed by atoms with E-state index in [1.807, 2.05) is 65.6 Å². The number of nitrogens with zero attached hydrogens (tertiary/aromatic N) is 2. The Hall–Kier alpha value is -3.06. The van der Waals surface area contributed by atoms with Crippen LogP contribution in [0.15, 0.2) is 65.5 Å². The first-order valence-corrected chi connectivity index (χ1v) is 16.8. The van der Waals surface area contributed by atoms with Crippen LogP contribution in [0.2, 0.25) is 0 Å². The molecule has 3 aromatic rings. The highest BCUT2D eigenvalue weighted by Gasteiger charge is 2.48. The van der Waals surface area contributed by atoms with Crippen molar-refractivity contribution in [1.82, 2.24) is 9.97 Å². The lowest BCUT2D eigenvalue weighted by atomic mass is 9.69. The fourth-order valence-electron chi connectivity index (χ4n) is 5.23. The lowest BCUT2D eigenvalue weighted by Crippen LogP contribution is -2.55. The van der Waals surface area contributed by atoms with Gasteiger partial charge < -0.3 is 25.7 Å². The molecule has 0 saturated heterocycles. The van der Waals surface area contributed by atoms with Crippen LogP contribution in [0.4, 0.5) is 17.5 Å². The van der Waals surface area contributed by atoms with Crippen molar-refractivity contribution in [2.24, 2.45) is 11.8 Å². The van der Waals surface area contributed by atoms with Crippen molar-refractivity contribution in [1.29, 1.82) is 0 Å². The Morgan fingerprint density at radius 3 is 2.02 bits per heavy atom. The number of phosphoric acid groups is 2. The van der Waals surface area contributed by atoms with Crippen molar-refractivity contribution >= 4 is 33.1 Å². The predicted molar refractivity (Wildman–Crippen MR) is 159 cm³/mol. The van der Waals surface area contributed by atoms with E-state index in [2.05, 4.69) is 15.3 Å². The molecule has 1 aromatic heterocycles. The third-order valence-electron chi connectivity index (χ3n) is 7.52. The van der Waals surface area contributed by atoms with Gasteiger partial charge in [-0.3, -0.25) is 27.9 Å². The smallest absolute Gasteiger partial charge is 0.369 e. The van der Waals surface area contributed by atoms with Crippen LogP contribution in [-0.2, 0) is 40.1 Å². The Labute approximate surface area is 248 Å². The van der Waals surface area contributed by atoms with E-state index in [-0.39, 0.29) is 56.7 Å². The van der Waals surface area contributed by atoms with Crippen LogP contribution in [0.25, 0.3) is 0 Å². The van der Waals surface area contributed by atoms with Gasteiger partial charge in [-0.25, -0.2) is 9.13 Å². The summed E-state index contributed by atoms with van der Waals surface area (Å²) in [4.78, 5) is 41.5. The molecule has 5 rings (SSSR count). The van der Waals surface area contributed by atoms with Crippen LogP contribution in [0.3, 0.4) is 0 Å².